The fraction of sp³-hybridized carbons (Fsp3) is 0.385. The molecule has 0 atom stereocenters. The molecule has 0 radical (unpaired) electrons. The SMILES string of the molecule is CCCNCC(=O)NCc1cccc(C#N)c1. The van der Waals surface area contributed by atoms with E-state index in [4.69, 9.17) is 5.26 Å². The monoisotopic (exact) mass is 231 g/mol. The molecule has 1 aromatic rings. The van der Waals surface area contributed by atoms with Gasteiger partial charge in [-0.3, -0.25) is 4.79 Å². The Labute approximate surface area is 102 Å². The molecule has 2 N–H and O–H groups in total. The summed E-state index contributed by atoms with van der Waals surface area (Å²) in [5.74, 6) is -0.0270. The van der Waals surface area contributed by atoms with E-state index in [-0.39, 0.29) is 5.91 Å². The maximum absolute atomic E-state index is 11.4. The first-order valence-corrected chi connectivity index (χ1v) is 5.72. The van der Waals surface area contributed by atoms with Crippen LogP contribution in [-0.2, 0) is 11.3 Å². The lowest BCUT2D eigenvalue weighted by Crippen LogP contribution is -2.33. The Morgan fingerprint density at radius 3 is 3.00 bits per heavy atom. The van der Waals surface area contributed by atoms with Gasteiger partial charge in [0.05, 0.1) is 18.2 Å². The third-order valence-electron chi connectivity index (χ3n) is 2.26. The molecule has 0 saturated heterocycles. The number of hydrogen-bond acceptors (Lipinski definition) is 3. The van der Waals surface area contributed by atoms with E-state index >= 15 is 0 Å². The molecule has 0 saturated carbocycles. The highest BCUT2D eigenvalue weighted by Crippen LogP contribution is 2.03. The van der Waals surface area contributed by atoms with Gasteiger partial charge in [-0.15, -0.1) is 0 Å². The van der Waals surface area contributed by atoms with E-state index in [1.54, 1.807) is 12.1 Å². The normalized spacial score (nSPS) is 9.65. The summed E-state index contributed by atoms with van der Waals surface area (Å²) in [4.78, 5) is 11.4. The molecule has 0 aliphatic heterocycles. The molecule has 0 aliphatic rings. The van der Waals surface area contributed by atoms with Gasteiger partial charge in [-0.2, -0.15) is 5.26 Å². The number of benzene rings is 1. The van der Waals surface area contributed by atoms with Crippen LogP contribution in [0.25, 0.3) is 0 Å². The van der Waals surface area contributed by atoms with E-state index in [0.29, 0.717) is 18.7 Å². The van der Waals surface area contributed by atoms with Gasteiger partial charge in [0, 0.05) is 6.54 Å². The second kappa shape index (κ2) is 7.42. The molecule has 0 unspecified atom stereocenters. The zero-order valence-corrected chi connectivity index (χ0v) is 9.99. The Kier molecular flexibility index (Phi) is 5.76. The molecule has 0 fully saturated rings. The molecule has 0 bridgehead atoms. The molecular formula is C13H17N3O. The molecule has 0 aliphatic carbocycles. The summed E-state index contributed by atoms with van der Waals surface area (Å²) in [5.41, 5.74) is 1.55. The maximum Gasteiger partial charge on any atom is 0.234 e. The van der Waals surface area contributed by atoms with Crippen molar-refractivity contribution in [3.63, 3.8) is 0 Å². The second-order valence-corrected chi connectivity index (χ2v) is 3.77. The first-order valence-electron chi connectivity index (χ1n) is 5.72. The molecule has 1 amide bonds. The molecular weight excluding hydrogens is 214 g/mol. The molecule has 90 valence electrons. The van der Waals surface area contributed by atoms with Gasteiger partial charge in [-0.05, 0) is 30.7 Å². The van der Waals surface area contributed by atoms with Gasteiger partial charge >= 0.3 is 0 Å². The number of nitrogens with one attached hydrogen (secondary N) is 2. The summed E-state index contributed by atoms with van der Waals surface area (Å²) >= 11 is 0. The van der Waals surface area contributed by atoms with Crippen molar-refractivity contribution < 1.29 is 4.79 Å². The summed E-state index contributed by atoms with van der Waals surface area (Å²) in [5, 5.41) is 14.6. The van der Waals surface area contributed by atoms with E-state index in [1.807, 2.05) is 12.1 Å². The Balaban J connectivity index is 2.34. The highest BCUT2D eigenvalue weighted by Gasteiger charge is 2.00. The molecule has 1 aromatic carbocycles. The van der Waals surface area contributed by atoms with Crippen LogP contribution in [0.1, 0.15) is 24.5 Å². The smallest absolute Gasteiger partial charge is 0.234 e. The standard InChI is InChI=1S/C13H17N3O/c1-2-6-15-10-13(17)16-9-12-5-3-4-11(7-12)8-14/h3-5,7,15H,2,6,9-10H2,1H3,(H,16,17). The maximum atomic E-state index is 11.4. The Morgan fingerprint density at radius 1 is 1.47 bits per heavy atom. The molecule has 4 heteroatoms. The van der Waals surface area contributed by atoms with Crippen LogP contribution >= 0.6 is 0 Å². The summed E-state index contributed by atoms with van der Waals surface area (Å²) in [6.07, 6.45) is 1.01. The lowest BCUT2D eigenvalue weighted by atomic mass is 10.1. The number of carbonyl (C=O) groups excluding carboxylic acids is 1. The molecule has 0 spiro atoms. The van der Waals surface area contributed by atoms with E-state index in [0.717, 1.165) is 18.5 Å². The van der Waals surface area contributed by atoms with Crippen molar-refractivity contribution in [2.24, 2.45) is 0 Å². The minimum absolute atomic E-state index is 0.0270. The first kappa shape index (κ1) is 13.2. The van der Waals surface area contributed by atoms with Crippen LogP contribution < -0.4 is 10.6 Å². The predicted molar refractivity (Wildman–Crippen MR) is 66.2 cm³/mol. The number of carbonyl (C=O) groups is 1. The lowest BCUT2D eigenvalue weighted by molar-refractivity contribution is -0.120. The lowest BCUT2D eigenvalue weighted by Gasteiger charge is -2.06. The van der Waals surface area contributed by atoms with Crippen LogP contribution in [0.5, 0.6) is 0 Å². The summed E-state index contributed by atoms with van der Waals surface area (Å²) < 4.78 is 0. The first-order chi connectivity index (χ1) is 8.26. The quantitative estimate of drug-likeness (QED) is 0.722. The van der Waals surface area contributed by atoms with Crippen LogP contribution in [0.3, 0.4) is 0 Å². The minimum atomic E-state index is -0.0270. The molecule has 0 aromatic heterocycles. The molecule has 4 nitrogen and oxygen atoms in total. The van der Waals surface area contributed by atoms with Gasteiger partial charge in [0.2, 0.25) is 5.91 Å². The third kappa shape index (κ3) is 5.14. The average molecular weight is 231 g/mol. The van der Waals surface area contributed by atoms with Gasteiger partial charge < -0.3 is 10.6 Å². The van der Waals surface area contributed by atoms with Crippen molar-refractivity contribution in [1.82, 2.24) is 10.6 Å². The van der Waals surface area contributed by atoms with Crippen molar-refractivity contribution in [2.45, 2.75) is 19.9 Å². The zero-order valence-electron chi connectivity index (χ0n) is 9.99. The largest absolute Gasteiger partial charge is 0.351 e. The summed E-state index contributed by atoms with van der Waals surface area (Å²) in [6.45, 7) is 3.70. The zero-order chi connectivity index (χ0) is 12.5. The average Bonchev–Trinajstić information content (AvgIpc) is 2.37. The topological polar surface area (TPSA) is 64.9 Å². The molecule has 1 rings (SSSR count). The van der Waals surface area contributed by atoms with Crippen molar-refractivity contribution in [3.8, 4) is 6.07 Å². The van der Waals surface area contributed by atoms with Crippen molar-refractivity contribution in [3.05, 3.63) is 35.4 Å². The minimum Gasteiger partial charge on any atom is -0.351 e. The second-order valence-electron chi connectivity index (χ2n) is 3.77. The van der Waals surface area contributed by atoms with Gasteiger partial charge in [0.1, 0.15) is 0 Å². The van der Waals surface area contributed by atoms with Crippen LogP contribution in [0.2, 0.25) is 0 Å². The third-order valence-corrected chi connectivity index (χ3v) is 2.26. The summed E-state index contributed by atoms with van der Waals surface area (Å²) in [7, 11) is 0. The van der Waals surface area contributed by atoms with E-state index in [1.165, 1.54) is 0 Å². The fourth-order valence-electron chi connectivity index (χ4n) is 1.39. The number of rotatable bonds is 6. The molecule has 17 heavy (non-hydrogen) atoms. The predicted octanol–water partition coefficient (Wildman–Crippen LogP) is 1.17. The van der Waals surface area contributed by atoms with Crippen molar-refractivity contribution in [1.29, 1.82) is 5.26 Å². The van der Waals surface area contributed by atoms with E-state index < -0.39 is 0 Å². The van der Waals surface area contributed by atoms with E-state index in [9.17, 15) is 4.79 Å². The Hall–Kier alpha value is -1.86. The van der Waals surface area contributed by atoms with Crippen LogP contribution in [0.15, 0.2) is 24.3 Å². The van der Waals surface area contributed by atoms with Gasteiger partial charge in [-0.1, -0.05) is 19.1 Å². The van der Waals surface area contributed by atoms with Gasteiger partial charge in [-0.25, -0.2) is 0 Å². The number of nitrogens with zero attached hydrogens (tertiary/aromatic N) is 1. The van der Waals surface area contributed by atoms with Crippen molar-refractivity contribution in [2.75, 3.05) is 13.1 Å². The fourth-order valence-corrected chi connectivity index (χ4v) is 1.39. The van der Waals surface area contributed by atoms with E-state index in [2.05, 4.69) is 23.6 Å². The van der Waals surface area contributed by atoms with Gasteiger partial charge in [0.25, 0.3) is 0 Å². The highest BCUT2D eigenvalue weighted by atomic mass is 16.1. The van der Waals surface area contributed by atoms with Crippen LogP contribution in [0.4, 0.5) is 0 Å². The van der Waals surface area contributed by atoms with Gasteiger partial charge in [0.15, 0.2) is 0 Å². The highest BCUT2D eigenvalue weighted by molar-refractivity contribution is 5.77. The summed E-state index contributed by atoms with van der Waals surface area (Å²) in [6, 6.07) is 9.30. The number of amides is 1. The van der Waals surface area contributed by atoms with Crippen LogP contribution in [0, 0.1) is 11.3 Å². The van der Waals surface area contributed by atoms with Crippen molar-refractivity contribution >= 4 is 5.91 Å². The van der Waals surface area contributed by atoms with Crippen LogP contribution in [-0.4, -0.2) is 19.0 Å². The number of hydrogen-bond donors (Lipinski definition) is 2. The Bertz CT molecular complexity index is 409. The molecule has 0 heterocycles. The number of nitriles is 1. The Morgan fingerprint density at radius 2 is 2.29 bits per heavy atom.